The highest BCUT2D eigenvalue weighted by Gasteiger charge is 2.25. The molecule has 2 heterocycles. The van der Waals surface area contributed by atoms with Crippen LogP contribution in [0.3, 0.4) is 0 Å². The van der Waals surface area contributed by atoms with Crippen LogP contribution in [0.15, 0.2) is 0 Å². The summed E-state index contributed by atoms with van der Waals surface area (Å²) in [6, 6.07) is 0.318. The van der Waals surface area contributed by atoms with Gasteiger partial charge in [-0.1, -0.05) is 13.8 Å². The maximum Gasteiger partial charge on any atom is 0.220 e. The first-order valence-electron chi connectivity index (χ1n) is 7.87. The van der Waals surface area contributed by atoms with Crippen LogP contribution in [0.25, 0.3) is 0 Å². The maximum absolute atomic E-state index is 12.2. The number of carbonyl (C=O) groups is 1. The van der Waals surface area contributed by atoms with E-state index in [9.17, 15) is 4.79 Å². The molecule has 0 saturated carbocycles. The van der Waals surface area contributed by atoms with E-state index in [4.69, 9.17) is 0 Å². The van der Waals surface area contributed by atoms with Crippen molar-refractivity contribution in [2.45, 2.75) is 45.6 Å². The van der Waals surface area contributed by atoms with Crippen molar-refractivity contribution < 1.29 is 4.79 Å². The lowest BCUT2D eigenvalue weighted by atomic mass is 9.85. The van der Waals surface area contributed by atoms with Crippen LogP contribution in [0.2, 0.25) is 0 Å². The molecule has 0 aromatic carbocycles. The lowest BCUT2D eigenvalue weighted by Gasteiger charge is -2.32. The first-order valence-corrected chi connectivity index (χ1v) is 7.87. The van der Waals surface area contributed by atoms with E-state index in [-0.39, 0.29) is 5.91 Å². The van der Waals surface area contributed by atoms with Crippen LogP contribution >= 0.6 is 0 Å². The average molecular weight is 267 g/mol. The highest BCUT2D eigenvalue weighted by molar-refractivity contribution is 5.76. The highest BCUT2D eigenvalue weighted by atomic mass is 16.1. The minimum atomic E-state index is 0.235. The third kappa shape index (κ3) is 4.46. The van der Waals surface area contributed by atoms with Gasteiger partial charge in [0.05, 0.1) is 0 Å². The predicted octanol–water partition coefficient (Wildman–Crippen LogP) is 1.13. The lowest BCUT2D eigenvalue weighted by Crippen LogP contribution is -2.50. The molecule has 3 N–H and O–H groups in total. The van der Waals surface area contributed by atoms with Gasteiger partial charge in [-0.25, -0.2) is 0 Å². The Morgan fingerprint density at radius 3 is 2.74 bits per heavy atom. The van der Waals surface area contributed by atoms with Crippen LogP contribution in [0.4, 0.5) is 0 Å². The molecular weight excluding hydrogens is 238 g/mol. The fraction of sp³-hybridized carbons (Fsp3) is 0.933. The molecule has 4 atom stereocenters. The number of nitrogens with one attached hydrogen (secondary N) is 3. The molecule has 0 aromatic heterocycles. The van der Waals surface area contributed by atoms with Crippen molar-refractivity contribution >= 4 is 5.91 Å². The number of rotatable bonds is 4. The molecule has 0 spiro atoms. The van der Waals surface area contributed by atoms with Gasteiger partial charge in [0.2, 0.25) is 5.91 Å². The molecule has 2 aliphatic rings. The number of hydrogen-bond acceptors (Lipinski definition) is 3. The average Bonchev–Trinajstić information content (AvgIpc) is 2.42. The molecule has 2 fully saturated rings. The Bertz CT molecular complexity index is 289. The third-order valence-corrected chi connectivity index (χ3v) is 4.82. The zero-order valence-electron chi connectivity index (χ0n) is 12.4. The SMILES string of the molecule is CC(CC(=O)NC1CNCCC1C)C1CCCNC1. The molecule has 4 heteroatoms. The van der Waals surface area contributed by atoms with Crippen molar-refractivity contribution in [3.8, 4) is 0 Å². The largest absolute Gasteiger partial charge is 0.352 e. The Kier molecular flexibility index (Phi) is 5.64. The summed E-state index contributed by atoms with van der Waals surface area (Å²) in [5, 5.41) is 10.0. The summed E-state index contributed by atoms with van der Waals surface area (Å²) < 4.78 is 0. The van der Waals surface area contributed by atoms with Crippen molar-refractivity contribution in [3.05, 3.63) is 0 Å². The predicted molar refractivity (Wildman–Crippen MR) is 78.0 cm³/mol. The van der Waals surface area contributed by atoms with Crippen LogP contribution in [0.5, 0.6) is 0 Å². The minimum Gasteiger partial charge on any atom is -0.352 e. The van der Waals surface area contributed by atoms with E-state index >= 15 is 0 Å². The molecule has 110 valence electrons. The Balaban J connectivity index is 1.73. The van der Waals surface area contributed by atoms with Crippen molar-refractivity contribution in [2.75, 3.05) is 26.2 Å². The van der Waals surface area contributed by atoms with E-state index in [0.717, 1.165) is 32.6 Å². The summed E-state index contributed by atoms with van der Waals surface area (Å²) in [7, 11) is 0. The van der Waals surface area contributed by atoms with Crippen molar-refractivity contribution in [1.29, 1.82) is 0 Å². The summed E-state index contributed by atoms with van der Waals surface area (Å²) in [6.07, 6.45) is 4.35. The maximum atomic E-state index is 12.2. The molecule has 19 heavy (non-hydrogen) atoms. The van der Waals surface area contributed by atoms with E-state index in [0.29, 0.717) is 30.2 Å². The molecule has 2 saturated heterocycles. The van der Waals surface area contributed by atoms with Crippen molar-refractivity contribution in [3.63, 3.8) is 0 Å². The second-order valence-electron chi connectivity index (χ2n) is 6.43. The lowest BCUT2D eigenvalue weighted by molar-refractivity contribution is -0.123. The van der Waals surface area contributed by atoms with Gasteiger partial charge in [-0.15, -0.1) is 0 Å². The van der Waals surface area contributed by atoms with Crippen LogP contribution < -0.4 is 16.0 Å². The summed E-state index contributed by atoms with van der Waals surface area (Å²) in [6.45, 7) is 8.68. The zero-order chi connectivity index (χ0) is 13.7. The third-order valence-electron chi connectivity index (χ3n) is 4.82. The summed E-state index contributed by atoms with van der Waals surface area (Å²) in [4.78, 5) is 12.2. The van der Waals surface area contributed by atoms with Gasteiger partial charge in [-0.3, -0.25) is 4.79 Å². The second-order valence-corrected chi connectivity index (χ2v) is 6.43. The standard InChI is InChI=1S/C15H29N3O/c1-11-5-7-17-10-14(11)18-15(19)8-12(2)13-4-3-6-16-9-13/h11-14,16-17H,3-10H2,1-2H3,(H,18,19). The normalized spacial score (nSPS) is 33.7. The number of carbonyl (C=O) groups excluding carboxylic acids is 1. The quantitative estimate of drug-likeness (QED) is 0.715. The van der Waals surface area contributed by atoms with Gasteiger partial charge in [0, 0.05) is 19.0 Å². The fourth-order valence-electron chi connectivity index (χ4n) is 3.27. The molecule has 1 amide bonds. The number of amides is 1. The molecule has 2 rings (SSSR count). The zero-order valence-corrected chi connectivity index (χ0v) is 12.4. The summed E-state index contributed by atoms with van der Waals surface area (Å²) >= 11 is 0. The first kappa shape index (κ1) is 14.8. The van der Waals surface area contributed by atoms with E-state index in [1.165, 1.54) is 12.8 Å². The summed E-state index contributed by atoms with van der Waals surface area (Å²) in [5.41, 5.74) is 0. The highest BCUT2D eigenvalue weighted by Crippen LogP contribution is 2.22. The first-order chi connectivity index (χ1) is 9.16. The Hall–Kier alpha value is -0.610. The van der Waals surface area contributed by atoms with Gasteiger partial charge in [0.15, 0.2) is 0 Å². The second kappa shape index (κ2) is 7.25. The van der Waals surface area contributed by atoms with E-state index in [1.807, 2.05) is 0 Å². The van der Waals surface area contributed by atoms with Crippen LogP contribution in [-0.4, -0.2) is 38.1 Å². The van der Waals surface area contributed by atoms with Gasteiger partial charge in [-0.05, 0) is 56.7 Å². The minimum absolute atomic E-state index is 0.235. The number of hydrogen-bond donors (Lipinski definition) is 3. The van der Waals surface area contributed by atoms with Crippen molar-refractivity contribution in [1.82, 2.24) is 16.0 Å². The Morgan fingerprint density at radius 2 is 2.05 bits per heavy atom. The smallest absolute Gasteiger partial charge is 0.220 e. The molecule has 0 bridgehead atoms. The number of piperidine rings is 2. The molecular formula is C15H29N3O. The fourth-order valence-corrected chi connectivity index (χ4v) is 3.27. The Labute approximate surface area is 117 Å². The molecule has 0 aromatic rings. The van der Waals surface area contributed by atoms with Gasteiger partial charge in [0.1, 0.15) is 0 Å². The molecule has 0 aliphatic carbocycles. The van der Waals surface area contributed by atoms with Crippen LogP contribution in [0, 0.1) is 17.8 Å². The monoisotopic (exact) mass is 267 g/mol. The summed E-state index contributed by atoms with van der Waals surface area (Å²) in [5.74, 6) is 1.98. The van der Waals surface area contributed by atoms with Crippen molar-refractivity contribution in [2.24, 2.45) is 17.8 Å². The topological polar surface area (TPSA) is 53.2 Å². The van der Waals surface area contributed by atoms with E-state index < -0.39 is 0 Å². The molecule has 4 unspecified atom stereocenters. The van der Waals surface area contributed by atoms with Gasteiger partial charge in [-0.2, -0.15) is 0 Å². The molecule has 2 aliphatic heterocycles. The van der Waals surface area contributed by atoms with Crippen LogP contribution in [-0.2, 0) is 4.79 Å². The van der Waals surface area contributed by atoms with Gasteiger partial charge >= 0.3 is 0 Å². The Morgan fingerprint density at radius 1 is 1.26 bits per heavy atom. The molecule has 0 radical (unpaired) electrons. The van der Waals surface area contributed by atoms with Crippen LogP contribution in [0.1, 0.15) is 39.5 Å². The van der Waals surface area contributed by atoms with Gasteiger partial charge in [0.25, 0.3) is 0 Å². The van der Waals surface area contributed by atoms with E-state index in [2.05, 4.69) is 29.8 Å². The molecule has 4 nitrogen and oxygen atoms in total. The van der Waals surface area contributed by atoms with Gasteiger partial charge < -0.3 is 16.0 Å². The van der Waals surface area contributed by atoms with E-state index in [1.54, 1.807) is 0 Å².